The molecule has 0 radical (unpaired) electrons. The molecule has 1 atom stereocenters. The lowest BCUT2D eigenvalue weighted by Gasteiger charge is -2.14. The fourth-order valence-electron chi connectivity index (χ4n) is 1.92. The van der Waals surface area contributed by atoms with Crippen LogP contribution >= 0.6 is 0 Å². The average Bonchev–Trinajstić information content (AvgIpc) is 3.08. The van der Waals surface area contributed by atoms with Crippen LogP contribution in [0.4, 0.5) is 10.1 Å². The Morgan fingerprint density at radius 2 is 2.09 bits per heavy atom. The highest BCUT2D eigenvalue weighted by Gasteiger charge is 2.19. The molecule has 2 amide bonds. The first-order valence-electron chi connectivity index (χ1n) is 7.11. The van der Waals surface area contributed by atoms with Gasteiger partial charge < -0.3 is 20.2 Å². The average molecular weight is 320 g/mol. The number of anilines is 1. The van der Waals surface area contributed by atoms with Gasteiger partial charge in [-0.05, 0) is 36.8 Å². The van der Waals surface area contributed by atoms with E-state index in [2.05, 4.69) is 10.6 Å². The molecule has 0 bridgehead atoms. The lowest BCUT2D eigenvalue weighted by Crippen LogP contribution is -2.43. The van der Waals surface area contributed by atoms with Gasteiger partial charge in [0.1, 0.15) is 11.6 Å². The van der Waals surface area contributed by atoms with Crippen LogP contribution in [0.2, 0.25) is 0 Å². The van der Waals surface area contributed by atoms with E-state index < -0.39 is 23.7 Å². The third kappa shape index (κ3) is 4.17. The standard InChI is InChI=1S/C16H17FN2O4/c1-2-11(9-20)18-15(21)16(22)19-13-8-10(5-6-12(13)17)14-4-3-7-23-14/h3-8,11,20H,2,9H2,1H3,(H,18,21)(H,19,22). The van der Waals surface area contributed by atoms with Gasteiger partial charge in [-0.1, -0.05) is 6.92 Å². The molecule has 23 heavy (non-hydrogen) atoms. The van der Waals surface area contributed by atoms with Gasteiger partial charge in [-0.15, -0.1) is 0 Å². The van der Waals surface area contributed by atoms with Crippen molar-refractivity contribution in [3.8, 4) is 11.3 Å². The van der Waals surface area contributed by atoms with Gasteiger partial charge in [0, 0.05) is 5.56 Å². The fraction of sp³-hybridized carbons (Fsp3) is 0.250. The molecule has 0 saturated heterocycles. The number of furan rings is 1. The van der Waals surface area contributed by atoms with E-state index in [1.54, 1.807) is 19.1 Å². The maximum Gasteiger partial charge on any atom is 0.313 e. The first-order chi connectivity index (χ1) is 11.0. The molecule has 122 valence electrons. The Kier molecular flexibility index (Phi) is 5.48. The van der Waals surface area contributed by atoms with E-state index in [-0.39, 0.29) is 12.3 Å². The molecule has 7 heteroatoms. The first-order valence-corrected chi connectivity index (χ1v) is 7.11. The molecule has 1 heterocycles. The third-order valence-corrected chi connectivity index (χ3v) is 3.27. The normalized spacial score (nSPS) is 11.8. The van der Waals surface area contributed by atoms with Crippen molar-refractivity contribution in [2.75, 3.05) is 11.9 Å². The summed E-state index contributed by atoms with van der Waals surface area (Å²) in [6.45, 7) is 1.48. The predicted molar refractivity (Wildman–Crippen MR) is 82.0 cm³/mol. The maximum absolute atomic E-state index is 13.8. The number of carbonyl (C=O) groups is 2. The minimum atomic E-state index is -1.01. The molecule has 0 fully saturated rings. The van der Waals surface area contributed by atoms with Crippen molar-refractivity contribution in [3.63, 3.8) is 0 Å². The van der Waals surface area contributed by atoms with Gasteiger partial charge in [0.15, 0.2) is 0 Å². The van der Waals surface area contributed by atoms with E-state index in [0.29, 0.717) is 17.7 Å². The van der Waals surface area contributed by atoms with Gasteiger partial charge in [-0.2, -0.15) is 0 Å². The van der Waals surface area contributed by atoms with Crippen molar-refractivity contribution in [2.24, 2.45) is 0 Å². The zero-order valence-electron chi connectivity index (χ0n) is 12.5. The molecule has 3 N–H and O–H groups in total. The van der Waals surface area contributed by atoms with E-state index in [1.807, 2.05) is 0 Å². The van der Waals surface area contributed by atoms with Gasteiger partial charge >= 0.3 is 11.8 Å². The number of hydrogen-bond acceptors (Lipinski definition) is 4. The molecule has 2 rings (SSSR count). The quantitative estimate of drug-likeness (QED) is 0.734. The van der Waals surface area contributed by atoms with E-state index in [9.17, 15) is 14.0 Å². The van der Waals surface area contributed by atoms with Crippen molar-refractivity contribution in [3.05, 3.63) is 42.4 Å². The minimum absolute atomic E-state index is 0.129. The van der Waals surface area contributed by atoms with Gasteiger partial charge in [-0.3, -0.25) is 9.59 Å². The Bertz CT molecular complexity index is 681. The number of benzene rings is 1. The molecule has 1 unspecified atom stereocenters. The van der Waals surface area contributed by atoms with Gasteiger partial charge in [0.25, 0.3) is 0 Å². The van der Waals surface area contributed by atoms with Crippen LogP contribution in [0.3, 0.4) is 0 Å². The van der Waals surface area contributed by atoms with Gasteiger partial charge in [-0.25, -0.2) is 4.39 Å². The van der Waals surface area contributed by atoms with Crippen molar-refractivity contribution >= 4 is 17.5 Å². The summed E-state index contributed by atoms with van der Waals surface area (Å²) in [5.74, 6) is -2.10. The molecule has 2 aromatic rings. The smallest absolute Gasteiger partial charge is 0.313 e. The summed E-state index contributed by atoms with van der Waals surface area (Å²) in [7, 11) is 0. The summed E-state index contributed by atoms with van der Waals surface area (Å²) in [6, 6.07) is 6.91. The second kappa shape index (κ2) is 7.55. The summed E-state index contributed by atoms with van der Waals surface area (Å²) in [4.78, 5) is 23.6. The number of halogens is 1. The van der Waals surface area contributed by atoms with Crippen LogP contribution in [0.1, 0.15) is 13.3 Å². The van der Waals surface area contributed by atoms with Crippen LogP contribution in [0, 0.1) is 5.82 Å². The summed E-state index contributed by atoms with van der Waals surface area (Å²) < 4.78 is 19.0. The summed E-state index contributed by atoms with van der Waals surface area (Å²) in [6.07, 6.45) is 1.95. The summed E-state index contributed by atoms with van der Waals surface area (Å²) in [5.41, 5.74) is 0.435. The zero-order valence-corrected chi connectivity index (χ0v) is 12.5. The lowest BCUT2D eigenvalue weighted by molar-refractivity contribution is -0.136. The highest BCUT2D eigenvalue weighted by Crippen LogP contribution is 2.25. The molecule has 1 aromatic carbocycles. The number of hydrogen-bond donors (Lipinski definition) is 3. The topological polar surface area (TPSA) is 91.6 Å². The molecule has 0 aliphatic heterocycles. The summed E-state index contributed by atoms with van der Waals surface area (Å²) in [5, 5.41) is 13.6. The Morgan fingerprint density at radius 3 is 2.70 bits per heavy atom. The Balaban J connectivity index is 2.11. The van der Waals surface area contributed by atoms with E-state index in [1.165, 1.54) is 24.5 Å². The Hall–Kier alpha value is -2.67. The number of carbonyl (C=O) groups excluding carboxylic acids is 2. The molecule has 1 aromatic heterocycles. The van der Waals surface area contributed by atoms with E-state index in [4.69, 9.17) is 9.52 Å². The van der Waals surface area contributed by atoms with E-state index >= 15 is 0 Å². The molecule has 0 saturated carbocycles. The second-order valence-corrected chi connectivity index (χ2v) is 4.89. The Labute approximate surface area is 132 Å². The molecule has 0 aliphatic carbocycles. The van der Waals surface area contributed by atoms with Crippen molar-refractivity contribution < 1.29 is 23.5 Å². The second-order valence-electron chi connectivity index (χ2n) is 4.89. The number of nitrogens with one attached hydrogen (secondary N) is 2. The largest absolute Gasteiger partial charge is 0.464 e. The fourth-order valence-corrected chi connectivity index (χ4v) is 1.92. The van der Waals surface area contributed by atoms with Crippen LogP contribution in [-0.4, -0.2) is 29.6 Å². The number of aliphatic hydroxyl groups excluding tert-OH is 1. The molecular weight excluding hydrogens is 303 g/mol. The highest BCUT2D eigenvalue weighted by molar-refractivity contribution is 6.39. The van der Waals surface area contributed by atoms with Crippen LogP contribution in [0.5, 0.6) is 0 Å². The minimum Gasteiger partial charge on any atom is -0.464 e. The van der Waals surface area contributed by atoms with Crippen LogP contribution in [0.15, 0.2) is 41.0 Å². The Morgan fingerprint density at radius 1 is 1.30 bits per heavy atom. The van der Waals surface area contributed by atoms with Crippen molar-refractivity contribution in [2.45, 2.75) is 19.4 Å². The van der Waals surface area contributed by atoms with Crippen molar-refractivity contribution in [1.82, 2.24) is 5.32 Å². The van der Waals surface area contributed by atoms with E-state index in [0.717, 1.165) is 0 Å². The van der Waals surface area contributed by atoms with Gasteiger partial charge in [0.2, 0.25) is 0 Å². The van der Waals surface area contributed by atoms with Crippen LogP contribution in [-0.2, 0) is 9.59 Å². The zero-order chi connectivity index (χ0) is 16.8. The maximum atomic E-state index is 13.8. The van der Waals surface area contributed by atoms with Gasteiger partial charge in [0.05, 0.1) is 24.6 Å². The first kappa shape index (κ1) is 16.7. The third-order valence-electron chi connectivity index (χ3n) is 3.27. The lowest BCUT2D eigenvalue weighted by atomic mass is 10.1. The molecule has 0 aliphatic rings. The number of amides is 2. The van der Waals surface area contributed by atoms with Crippen molar-refractivity contribution in [1.29, 1.82) is 0 Å². The van der Waals surface area contributed by atoms with Crippen LogP contribution < -0.4 is 10.6 Å². The molecule has 6 nitrogen and oxygen atoms in total. The predicted octanol–water partition coefficient (Wildman–Crippen LogP) is 1.91. The van der Waals surface area contributed by atoms with Crippen LogP contribution in [0.25, 0.3) is 11.3 Å². The SMILES string of the molecule is CCC(CO)NC(=O)C(=O)Nc1cc(-c2ccco2)ccc1F. The number of aliphatic hydroxyl groups is 1. The monoisotopic (exact) mass is 320 g/mol. The highest BCUT2D eigenvalue weighted by atomic mass is 19.1. The molecular formula is C16H17FN2O4. The number of rotatable bonds is 5. The summed E-state index contributed by atoms with van der Waals surface area (Å²) >= 11 is 0. The molecule has 0 spiro atoms.